The Hall–Kier alpha value is -1.77. The molecule has 2 aromatic heterocycles. The second-order valence-electron chi connectivity index (χ2n) is 4.60. The first-order valence-corrected chi connectivity index (χ1v) is 7.37. The number of aromatic nitrogens is 3. The highest BCUT2D eigenvalue weighted by Gasteiger charge is 2.36. The van der Waals surface area contributed by atoms with Crippen LogP contribution in [0.4, 0.5) is 13.2 Å². The first-order chi connectivity index (χ1) is 10.3. The number of carbonyl (C=O) groups is 1. The van der Waals surface area contributed by atoms with Crippen LogP contribution in [0.2, 0.25) is 0 Å². The standard InChI is InChI=1S/C13H14F3N3O2S/c1-4-7(2)22-12-18-17-10-8(11(20)21-3)5-6-9(19(10)12)13(14,15)16/h5-7H,4H2,1-3H3. The number of esters is 1. The maximum Gasteiger partial charge on any atom is 0.431 e. The highest BCUT2D eigenvalue weighted by atomic mass is 32.2. The Morgan fingerprint density at radius 3 is 2.64 bits per heavy atom. The molecular formula is C13H14F3N3O2S. The van der Waals surface area contributed by atoms with Gasteiger partial charge in [0, 0.05) is 5.25 Å². The Bertz CT molecular complexity index is 700. The van der Waals surface area contributed by atoms with Crippen LogP contribution in [0, 0.1) is 0 Å². The van der Waals surface area contributed by atoms with Gasteiger partial charge in [-0.05, 0) is 18.6 Å². The molecule has 0 aliphatic carbocycles. The SMILES string of the molecule is CCC(C)Sc1nnc2c(C(=O)OC)ccc(C(F)(F)F)n12. The predicted octanol–water partition coefficient (Wildman–Crippen LogP) is 3.43. The molecule has 1 unspecified atom stereocenters. The third-order valence-electron chi connectivity index (χ3n) is 3.10. The molecule has 1 atom stereocenters. The number of methoxy groups -OCH3 is 1. The fourth-order valence-electron chi connectivity index (χ4n) is 1.80. The fraction of sp³-hybridized carbons (Fsp3) is 0.462. The lowest BCUT2D eigenvalue weighted by atomic mass is 10.2. The monoisotopic (exact) mass is 333 g/mol. The molecule has 0 fully saturated rings. The summed E-state index contributed by atoms with van der Waals surface area (Å²) < 4.78 is 45.1. The zero-order valence-electron chi connectivity index (χ0n) is 12.1. The van der Waals surface area contributed by atoms with Crippen molar-refractivity contribution in [2.45, 2.75) is 36.9 Å². The van der Waals surface area contributed by atoms with Crippen molar-refractivity contribution in [2.24, 2.45) is 0 Å². The van der Waals surface area contributed by atoms with Crippen molar-refractivity contribution in [1.29, 1.82) is 0 Å². The van der Waals surface area contributed by atoms with Gasteiger partial charge >= 0.3 is 12.1 Å². The minimum atomic E-state index is -4.58. The van der Waals surface area contributed by atoms with Gasteiger partial charge in [0.1, 0.15) is 11.3 Å². The molecule has 120 valence electrons. The van der Waals surface area contributed by atoms with Gasteiger partial charge in [0.15, 0.2) is 10.8 Å². The highest BCUT2D eigenvalue weighted by Crippen LogP contribution is 2.34. The molecule has 0 saturated carbocycles. The molecule has 2 aromatic rings. The molecule has 0 aliphatic heterocycles. The number of ether oxygens (including phenoxy) is 1. The Balaban J connectivity index is 2.70. The lowest BCUT2D eigenvalue weighted by molar-refractivity contribution is -0.142. The van der Waals surface area contributed by atoms with Crippen LogP contribution in [0.5, 0.6) is 0 Å². The second kappa shape index (κ2) is 6.15. The zero-order valence-corrected chi connectivity index (χ0v) is 13.0. The number of halogens is 3. The molecule has 22 heavy (non-hydrogen) atoms. The molecule has 9 heteroatoms. The van der Waals surface area contributed by atoms with E-state index in [1.807, 2.05) is 13.8 Å². The van der Waals surface area contributed by atoms with Crippen molar-refractivity contribution >= 4 is 23.4 Å². The summed E-state index contributed by atoms with van der Waals surface area (Å²) in [4.78, 5) is 11.7. The summed E-state index contributed by atoms with van der Waals surface area (Å²) in [7, 11) is 1.15. The number of thioether (sulfide) groups is 1. The summed E-state index contributed by atoms with van der Waals surface area (Å²) in [5, 5.41) is 7.71. The van der Waals surface area contributed by atoms with Gasteiger partial charge in [-0.15, -0.1) is 10.2 Å². The van der Waals surface area contributed by atoms with Gasteiger partial charge in [0.05, 0.1) is 7.11 Å². The molecule has 2 heterocycles. The van der Waals surface area contributed by atoms with Crippen molar-refractivity contribution in [3.05, 3.63) is 23.4 Å². The van der Waals surface area contributed by atoms with Crippen molar-refractivity contribution in [1.82, 2.24) is 14.6 Å². The van der Waals surface area contributed by atoms with Crippen LogP contribution in [-0.4, -0.2) is 32.9 Å². The van der Waals surface area contributed by atoms with Crippen molar-refractivity contribution in [3.63, 3.8) is 0 Å². The minimum absolute atomic E-state index is 0.0565. The van der Waals surface area contributed by atoms with Crippen molar-refractivity contribution in [2.75, 3.05) is 7.11 Å². The van der Waals surface area contributed by atoms with E-state index in [0.29, 0.717) is 0 Å². The van der Waals surface area contributed by atoms with Gasteiger partial charge in [0.2, 0.25) is 0 Å². The topological polar surface area (TPSA) is 56.5 Å². The number of hydrogen-bond acceptors (Lipinski definition) is 5. The average molecular weight is 333 g/mol. The lowest BCUT2D eigenvalue weighted by Gasteiger charge is -2.13. The molecule has 0 bridgehead atoms. The highest BCUT2D eigenvalue weighted by molar-refractivity contribution is 7.99. The Labute approximate surface area is 128 Å². The third kappa shape index (κ3) is 3.03. The summed E-state index contributed by atoms with van der Waals surface area (Å²) in [6.45, 7) is 3.80. The van der Waals surface area contributed by atoms with Crippen LogP contribution in [0.25, 0.3) is 5.65 Å². The van der Waals surface area contributed by atoms with E-state index in [1.165, 1.54) is 11.8 Å². The van der Waals surface area contributed by atoms with Gasteiger partial charge in [-0.2, -0.15) is 13.2 Å². The largest absolute Gasteiger partial charge is 0.465 e. The lowest BCUT2D eigenvalue weighted by Crippen LogP contribution is -2.15. The van der Waals surface area contributed by atoms with E-state index in [-0.39, 0.29) is 21.6 Å². The smallest absolute Gasteiger partial charge is 0.431 e. The second-order valence-corrected chi connectivity index (χ2v) is 6.01. The fourth-order valence-corrected chi connectivity index (χ4v) is 2.71. The molecule has 0 amide bonds. The van der Waals surface area contributed by atoms with Crippen LogP contribution in [0.15, 0.2) is 17.3 Å². The third-order valence-corrected chi connectivity index (χ3v) is 4.31. The molecule has 5 nitrogen and oxygen atoms in total. The average Bonchev–Trinajstić information content (AvgIpc) is 2.88. The van der Waals surface area contributed by atoms with Crippen LogP contribution in [0.3, 0.4) is 0 Å². The summed E-state index contributed by atoms with van der Waals surface area (Å²) in [6, 6.07) is 1.89. The van der Waals surface area contributed by atoms with Crippen LogP contribution >= 0.6 is 11.8 Å². The number of rotatable bonds is 4. The van der Waals surface area contributed by atoms with E-state index in [0.717, 1.165) is 30.1 Å². The first kappa shape index (κ1) is 16.6. The van der Waals surface area contributed by atoms with E-state index in [2.05, 4.69) is 14.9 Å². The van der Waals surface area contributed by atoms with Crippen LogP contribution in [-0.2, 0) is 10.9 Å². The summed E-state index contributed by atoms with van der Waals surface area (Å²) >= 11 is 1.18. The number of hydrogen-bond donors (Lipinski definition) is 0. The number of alkyl halides is 3. The van der Waals surface area contributed by atoms with Crippen LogP contribution < -0.4 is 0 Å². The van der Waals surface area contributed by atoms with Crippen LogP contribution in [0.1, 0.15) is 36.3 Å². The Morgan fingerprint density at radius 1 is 1.41 bits per heavy atom. The number of fused-ring (bicyclic) bond motifs is 1. The van der Waals surface area contributed by atoms with Gasteiger partial charge in [-0.3, -0.25) is 4.40 Å². The molecule has 0 aliphatic rings. The summed E-state index contributed by atoms with van der Waals surface area (Å²) in [5.74, 6) is -0.758. The predicted molar refractivity (Wildman–Crippen MR) is 74.9 cm³/mol. The number of carbonyl (C=O) groups excluding carboxylic acids is 1. The molecule has 0 spiro atoms. The van der Waals surface area contributed by atoms with Crippen molar-refractivity contribution in [3.8, 4) is 0 Å². The molecule has 0 radical (unpaired) electrons. The maximum atomic E-state index is 13.2. The van der Waals surface area contributed by atoms with Gasteiger partial charge in [-0.1, -0.05) is 25.6 Å². The summed E-state index contributed by atoms with van der Waals surface area (Å²) in [6.07, 6.45) is -3.82. The molecule has 0 N–H and O–H groups in total. The van der Waals surface area contributed by atoms with Gasteiger partial charge < -0.3 is 4.74 Å². The zero-order chi connectivity index (χ0) is 16.5. The minimum Gasteiger partial charge on any atom is -0.465 e. The molecule has 0 saturated heterocycles. The van der Waals surface area contributed by atoms with E-state index < -0.39 is 17.8 Å². The molecule has 2 rings (SSSR count). The molecular weight excluding hydrogens is 319 g/mol. The van der Waals surface area contributed by atoms with E-state index in [1.54, 1.807) is 0 Å². The van der Waals surface area contributed by atoms with E-state index in [9.17, 15) is 18.0 Å². The summed E-state index contributed by atoms with van der Waals surface area (Å²) in [5.41, 5.74) is -1.14. The van der Waals surface area contributed by atoms with Gasteiger partial charge in [-0.25, -0.2) is 4.79 Å². The first-order valence-electron chi connectivity index (χ1n) is 6.49. The van der Waals surface area contributed by atoms with E-state index >= 15 is 0 Å². The Kier molecular flexibility index (Phi) is 4.64. The van der Waals surface area contributed by atoms with E-state index in [4.69, 9.17) is 0 Å². The van der Waals surface area contributed by atoms with Gasteiger partial charge in [0.25, 0.3) is 0 Å². The number of pyridine rings is 1. The van der Waals surface area contributed by atoms with Crippen molar-refractivity contribution < 1.29 is 22.7 Å². The maximum absolute atomic E-state index is 13.2. The number of nitrogens with zero attached hydrogens (tertiary/aromatic N) is 3. The quantitative estimate of drug-likeness (QED) is 0.634. The normalized spacial score (nSPS) is 13.4. The Morgan fingerprint density at radius 2 is 2.09 bits per heavy atom. The molecule has 0 aromatic carbocycles.